The summed E-state index contributed by atoms with van der Waals surface area (Å²) in [4.78, 5) is 29.1. The summed E-state index contributed by atoms with van der Waals surface area (Å²) in [7, 11) is 1.65. The van der Waals surface area contributed by atoms with Crippen LogP contribution in [0, 0.1) is 5.92 Å². The second-order valence-electron chi connectivity index (χ2n) is 7.70. The molecule has 154 valence electrons. The van der Waals surface area contributed by atoms with Gasteiger partial charge in [0.1, 0.15) is 0 Å². The minimum atomic E-state index is -0.128. The topological polar surface area (TPSA) is 52.6 Å². The zero-order chi connectivity index (χ0) is 20.6. The molecule has 3 rings (SSSR count). The van der Waals surface area contributed by atoms with Crippen molar-refractivity contribution in [1.82, 2.24) is 15.1 Å². The molecule has 0 aliphatic carbocycles. The van der Waals surface area contributed by atoms with Gasteiger partial charge in [-0.1, -0.05) is 61.5 Å². The van der Waals surface area contributed by atoms with Gasteiger partial charge in [0, 0.05) is 33.2 Å². The third-order valence-corrected chi connectivity index (χ3v) is 5.51. The second kappa shape index (κ2) is 10.2. The van der Waals surface area contributed by atoms with Crippen molar-refractivity contribution in [2.45, 2.75) is 19.8 Å². The van der Waals surface area contributed by atoms with E-state index in [-0.39, 0.29) is 17.7 Å². The quantitative estimate of drug-likeness (QED) is 0.787. The number of amides is 2. The van der Waals surface area contributed by atoms with Gasteiger partial charge in [0.2, 0.25) is 11.8 Å². The summed E-state index contributed by atoms with van der Waals surface area (Å²) in [6.45, 7) is 5.25. The number of carbonyl (C=O) groups excluding carboxylic acids is 2. The van der Waals surface area contributed by atoms with Crippen molar-refractivity contribution in [2.75, 3.05) is 39.8 Å². The van der Waals surface area contributed by atoms with Crippen LogP contribution in [0.1, 0.15) is 18.9 Å². The molecule has 29 heavy (non-hydrogen) atoms. The molecule has 1 aliphatic rings. The molecule has 0 radical (unpaired) electrons. The Hall–Kier alpha value is -2.66. The van der Waals surface area contributed by atoms with E-state index in [2.05, 4.69) is 53.5 Å². The summed E-state index contributed by atoms with van der Waals surface area (Å²) >= 11 is 0. The van der Waals surface area contributed by atoms with E-state index in [0.717, 1.165) is 25.1 Å². The maximum atomic E-state index is 13.1. The van der Waals surface area contributed by atoms with Crippen LogP contribution in [0.25, 0.3) is 11.1 Å². The Morgan fingerprint density at radius 2 is 1.72 bits per heavy atom. The van der Waals surface area contributed by atoms with Gasteiger partial charge >= 0.3 is 0 Å². The van der Waals surface area contributed by atoms with Gasteiger partial charge in [0.25, 0.3) is 0 Å². The van der Waals surface area contributed by atoms with Gasteiger partial charge < -0.3 is 10.2 Å². The number of carbonyl (C=O) groups is 2. The fraction of sp³-hybridized carbons (Fsp3) is 0.417. The highest BCUT2D eigenvalue weighted by Crippen LogP contribution is 2.22. The molecule has 2 aromatic carbocycles. The fourth-order valence-electron chi connectivity index (χ4n) is 3.93. The van der Waals surface area contributed by atoms with Gasteiger partial charge in [-0.2, -0.15) is 0 Å². The molecule has 0 spiro atoms. The van der Waals surface area contributed by atoms with Gasteiger partial charge in [0.15, 0.2) is 0 Å². The van der Waals surface area contributed by atoms with Crippen molar-refractivity contribution in [3.63, 3.8) is 0 Å². The molecule has 0 aromatic heterocycles. The summed E-state index contributed by atoms with van der Waals surface area (Å²) in [5, 5.41) is 2.69. The van der Waals surface area contributed by atoms with Crippen molar-refractivity contribution >= 4 is 11.8 Å². The molecule has 1 atom stereocenters. The summed E-state index contributed by atoms with van der Waals surface area (Å²) in [6, 6.07) is 18.8. The van der Waals surface area contributed by atoms with Crippen molar-refractivity contribution in [3.05, 3.63) is 60.2 Å². The van der Waals surface area contributed by atoms with Gasteiger partial charge in [-0.3, -0.25) is 14.5 Å². The molecule has 0 saturated carbocycles. The first-order chi connectivity index (χ1) is 14.1. The molecular formula is C24H31N3O2. The zero-order valence-corrected chi connectivity index (χ0v) is 17.4. The summed E-state index contributed by atoms with van der Waals surface area (Å²) in [6.07, 6.45) is 1.64. The van der Waals surface area contributed by atoms with E-state index >= 15 is 0 Å². The minimum Gasteiger partial charge on any atom is -0.358 e. The van der Waals surface area contributed by atoms with Crippen LogP contribution in [0.3, 0.4) is 0 Å². The van der Waals surface area contributed by atoms with E-state index in [1.165, 1.54) is 11.1 Å². The maximum Gasteiger partial charge on any atom is 0.233 e. The van der Waals surface area contributed by atoms with Crippen molar-refractivity contribution < 1.29 is 9.59 Å². The third kappa shape index (κ3) is 5.67. The molecule has 1 N–H and O–H groups in total. The Labute approximate surface area is 173 Å². The van der Waals surface area contributed by atoms with Crippen LogP contribution in [0.5, 0.6) is 0 Å². The lowest BCUT2D eigenvalue weighted by Gasteiger charge is -2.23. The zero-order valence-electron chi connectivity index (χ0n) is 17.4. The van der Waals surface area contributed by atoms with Crippen molar-refractivity contribution in [2.24, 2.45) is 5.92 Å². The largest absolute Gasteiger partial charge is 0.358 e. The minimum absolute atomic E-state index is 0.00708. The Morgan fingerprint density at radius 3 is 2.38 bits per heavy atom. The lowest BCUT2D eigenvalue weighted by Crippen LogP contribution is -2.39. The lowest BCUT2D eigenvalue weighted by atomic mass is 9.95. The number of nitrogens with one attached hydrogen (secondary N) is 1. The molecule has 1 heterocycles. The monoisotopic (exact) mass is 393 g/mol. The summed E-state index contributed by atoms with van der Waals surface area (Å²) < 4.78 is 0. The fourth-order valence-corrected chi connectivity index (χ4v) is 3.93. The highest BCUT2D eigenvalue weighted by atomic mass is 16.2. The number of nitrogens with zero attached hydrogens (tertiary/aromatic N) is 2. The predicted octanol–water partition coefficient (Wildman–Crippen LogP) is 2.81. The number of rotatable bonds is 7. The van der Waals surface area contributed by atoms with Crippen LogP contribution in [0.2, 0.25) is 0 Å². The molecule has 5 nitrogen and oxygen atoms in total. The molecular weight excluding hydrogens is 362 g/mol. The summed E-state index contributed by atoms with van der Waals surface area (Å²) in [5.41, 5.74) is 3.52. The molecule has 1 fully saturated rings. The lowest BCUT2D eigenvalue weighted by molar-refractivity contribution is -0.134. The predicted molar refractivity (Wildman–Crippen MR) is 116 cm³/mol. The number of benzene rings is 2. The van der Waals surface area contributed by atoms with Gasteiger partial charge in [-0.15, -0.1) is 0 Å². The van der Waals surface area contributed by atoms with Crippen LogP contribution in [0.4, 0.5) is 0 Å². The molecule has 2 aromatic rings. The van der Waals surface area contributed by atoms with Gasteiger partial charge in [0.05, 0.1) is 12.5 Å². The Balaban J connectivity index is 1.74. The SMILES string of the molecule is CCCN1CCN(CC(=O)NC)C[C@H](Cc2ccc(-c3ccccc3)cc2)C1=O. The van der Waals surface area contributed by atoms with E-state index in [1.54, 1.807) is 7.05 Å². The average Bonchev–Trinajstić information content (AvgIpc) is 2.89. The van der Waals surface area contributed by atoms with Crippen LogP contribution in [-0.2, 0) is 16.0 Å². The molecule has 1 saturated heterocycles. The number of hydrogen-bond acceptors (Lipinski definition) is 3. The first-order valence-electron chi connectivity index (χ1n) is 10.5. The van der Waals surface area contributed by atoms with Crippen LogP contribution >= 0.6 is 0 Å². The second-order valence-corrected chi connectivity index (χ2v) is 7.70. The van der Waals surface area contributed by atoms with Crippen molar-refractivity contribution in [3.8, 4) is 11.1 Å². The number of hydrogen-bond donors (Lipinski definition) is 1. The van der Waals surface area contributed by atoms with Crippen LogP contribution in [0.15, 0.2) is 54.6 Å². The average molecular weight is 394 g/mol. The third-order valence-electron chi connectivity index (χ3n) is 5.51. The van der Waals surface area contributed by atoms with E-state index < -0.39 is 0 Å². The first kappa shape index (κ1) is 21.1. The molecule has 1 aliphatic heterocycles. The van der Waals surface area contributed by atoms with Gasteiger partial charge in [-0.05, 0) is 29.5 Å². The standard InChI is InChI=1S/C24H31N3O2/c1-3-13-27-15-14-26(18-23(28)25-2)17-22(24(27)29)16-19-9-11-21(12-10-19)20-7-5-4-6-8-20/h4-12,22H,3,13-18H2,1-2H3,(H,25,28)/t22-/m0/s1. The van der Waals surface area contributed by atoms with E-state index in [4.69, 9.17) is 0 Å². The van der Waals surface area contributed by atoms with Crippen molar-refractivity contribution in [1.29, 1.82) is 0 Å². The van der Waals surface area contributed by atoms with E-state index in [1.807, 2.05) is 23.1 Å². The van der Waals surface area contributed by atoms with Gasteiger partial charge in [-0.25, -0.2) is 0 Å². The van der Waals surface area contributed by atoms with E-state index in [9.17, 15) is 9.59 Å². The Kier molecular flexibility index (Phi) is 7.42. The van der Waals surface area contributed by atoms with E-state index in [0.29, 0.717) is 26.1 Å². The smallest absolute Gasteiger partial charge is 0.233 e. The first-order valence-corrected chi connectivity index (χ1v) is 10.5. The Morgan fingerprint density at radius 1 is 1.03 bits per heavy atom. The normalized spacial score (nSPS) is 17.8. The maximum absolute atomic E-state index is 13.1. The Bertz CT molecular complexity index is 805. The highest BCUT2D eigenvalue weighted by molar-refractivity contribution is 5.80. The van der Waals surface area contributed by atoms with Crippen LogP contribution in [-0.4, -0.2) is 61.4 Å². The molecule has 0 unspecified atom stereocenters. The highest BCUT2D eigenvalue weighted by Gasteiger charge is 2.30. The summed E-state index contributed by atoms with van der Waals surface area (Å²) in [5.74, 6) is 0.0713. The molecule has 2 amide bonds. The van der Waals surface area contributed by atoms with Crippen LogP contribution < -0.4 is 5.32 Å². The number of likely N-dealkylation sites (N-methyl/N-ethyl adjacent to an activating group) is 1. The molecule has 0 bridgehead atoms. The molecule has 5 heteroatoms.